The van der Waals surface area contributed by atoms with Crippen LogP contribution in [-0.2, 0) is 0 Å². The third-order valence-corrected chi connectivity index (χ3v) is 2.91. The van der Waals surface area contributed by atoms with Crippen molar-refractivity contribution in [1.82, 2.24) is 9.97 Å². The molecule has 1 aromatic heterocycles. The van der Waals surface area contributed by atoms with Gasteiger partial charge in [0.1, 0.15) is 17.9 Å². The molecule has 1 aromatic carbocycles. The molecule has 9 heteroatoms. The molecule has 2 aromatic rings. The molecular formula is C11H10BrN5O3. The Hall–Kier alpha value is -2.26. The Morgan fingerprint density at radius 2 is 2.15 bits per heavy atom. The quantitative estimate of drug-likeness (QED) is 0.499. The molecule has 2 rings (SSSR count). The molecule has 8 nitrogen and oxygen atoms in total. The number of nitrogens with two attached hydrogens (primary N) is 1. The standard InChI is InChI=1S/C11H10BrN5O3/c1-6-10(16-13)14-5-15-11(6)20-9-3-7(12)2-8(4-9)17(18)19/h2-5H,13H2,1H3,(H,14,15,16). The van der Waals surface area contributed by atoms with Crippen LogP contribution in [0.3, 0.4) is 0 Å². The largest absolute Gasteiger partial charge is 0.438 e. The summed E-state index contributed by atoms with van der Waals surface area (Å²) in [7, 11) is 0. The van der Waals surface area contributed by atoms with Crippen LogP contribution in [-0.4, -0.2) is 14.9 Å². The number of halogens is 1. The number of benzene rings is 1. The second-order valence-electron chi connectivity index (χ2n) is 3.80. The molecule has 0 fully saturated rings. The van der Waals surface area contributed by atoms with E-state index in [9.17, 15) is 10.1 Å². The van der Waals surface area contributed by atoms with Crippen LogP contribution in [0.4, 0.5) is 11.5 Å². The van der Waals surface area contributed by atoms with Crippen LogP contribution in [0.25, 0.3) is 0 Å². The Morgan fingerprint density at radius 3 is 2.80 bits per heavy atom. The van der Waals surface area contributed by atoms with E-state index in [0.29, 0.717) is 15.9 Å². The fraction of sp³-hybridized carbons (Fsp3) is 0.0909. The van der Waals surface area contributed by atoms with Gasteiger partial charge in [-0.15, -0.1) is 0 Å². The van der Waals surface area contributed by atoms with Crippen molar-refractivity contribution >= 4 is 27.4 Å². The van der Waals surface area contributed by atoms with Crippen molar-refractivity contribution in [3.63, 3.8) is 0 Å². The number of hydrazine groups is 1. The zero-order valence-electron chi connectivity index (χ0n) is 10.3. The molecule has 0 aliphatic rings. The Morgan fingerprint density at radius 1 is 1.40 bits per heavy atom. The first-order valence-electron chi connectivity index (χ1n) is 5.42. The van der Waals surface area contributed by atoms with Gasteiger partial charge in [-0.05, 0) is 13.0 Å². The summed E-state index contributed by atoms with van der Waals surface area (Å²) < 4.78 is 6.08. The first-order valence-corrected chi connectivity index (χ1v) is 6.21. The predicted octanol–water partition coefficient (Wildman–Crippen LogP) is 2.53. The summed E-state index contributed by atoms with van der Waals surface area (Å²) in [4.78, 5) is 18.2. The van der Waals surface area contributed by atoms with Crippen molar-refractivity contribution < 1.29 is 9.66 Å². The second-order valence-corrected chi connectivity index (χ2v) is 4.72. The van der Waals surface area contributed by atoms with Gasteiger partial charge in [0.25, 0.3) is 5.69 Å². The minimum atomic E-state index is -0.503. The minimum Gasteiger partial charge on any atom is -0.438 e. The predicted molar refractivity (Wildman–Crippen MR) is 75.4 cm³/mol. The van der Waals surface area contributed by atoms with E-state index < -0.39 is 4.92 Å². The van der Waals surface area contributed by atoms with Gasteiger partial charge in [0.2, 0.25) is 5.88 Å². The van der Waals surface area contributed by atoms with E-state index in [0.717, 1.165) is 0 Å². The fourth-order valence-corrected chi connectivity index (χ4v) is 1.97. The van der Waals surface area contributed by atoms with Crippen molar-refractivity contribution in [3.8, 4) is 11.6 Å². The SMILES string of the molecule is Cc1c(NN)ncnc1Oc1cc(Br)cc([N+](=O)[O-])c1. The summed E-state index contributed by atoms with van der Waals surface area (Å²) in [5.41, 5.74) is 2.92. The topological polar surface area (TPSA) is 116 Å². The number of nitrogens with zero attached hydrogens (tertiary/aromatic N) is 3. The number of hydrogen-bond donors (Lipinski definition) is 2. The van der Waals surface area contributed by atoms with Crippen LogP contribution in [0.5, 0.6) is 11.6 Å². The van der Waals surface area contributed by atoms with Gasteiger partial charge in [-0.1, -0.05) is 15.9 Å². The lowest BCUT2D eigenvalue weighted by molar-refractivity contribution is -0.385. The normalized spacial score (nSPS) is 10.2. The third kappa shape index (κ3) is 3.00. The minimum absolute atomic E-state index is 0.0849. The van der Waals surface area contributed by atoms with E-state index >= 15 is 0 Å². The Labute approximate surface area is 122 Å². The lowest BCUT2D eigenvalue weighted by atomic mass is 10.3. The van der Waals surface area contributed by atoms with E-state index in [1.807, 2.05) is 0 Å². The van der Waals surface area contributed by atoms with Crippen LogP contribution in [0, 0.1) is 17.0 Å². The smallest absolute Gasteiger partial charge is 0.274 e. The van der Waals surface area contributed by atoms with Gasteiger partial charge < -0.3 is 10.2 Å². The number of rotatable bonds is 4. The molecule has 104 valence electrons. The number of anilines is 1. The summed E-state index contributed by atoms with van der Waals surface area (Å²) >= 11 is 3.19. The highest BCUT2D eigenvalue weighted by molar-refractivity contribution is 9.10. The molecule has 0 radical (unpaired) electrons. The third-order valence-electron chi connectivity index (χ3n) is 2.46. The molecule has 0 saturated heterocycles. The molecule has 0 aliphatic carbocycles. The highest BCUT2D eigenvalue weighted by atomic mass is 79.9. The number of ether oxygens (including phenoxy) is 1. The molecule has 0 amide bonds. The fourth-order valence-electron chi connectivity index (χ4n) is 1.51. The average Bonchev–Trinajstić information content (AvgIpc) is 2.40. The van der Waals surface area contributed by atoms with Crippen LogP contribution in [0.15, 0.2) is 29.0 Å². The van der Waals surface area contributed by atoms with Gasteiger partial charge in [0.15, 0.2) is 0 Å². The summed E-state index contributed by atoms with van der Waals surface area (Å²) in [6.45, 7) is 1.72. The van der Waals surface area contributed by atoms with Crippen molar-refractivity contribution in [3.05, 3.63) is 44.7 Å². The number of aromatic nitrogens is 2. The molecule has 20 heavy (non-hydrogen) atoms. The molecule has 3 N–H and O–H groups in total. The number of nitro benzene ring substituents is 1. The molecule has 0 atom stereocenters. The van der Waals surface area contributed by atoms with Crippen molar-refractivity contribution in [1.29, 1.82) is 0 Å². The first kappa shape index (κ1) is 14.2. The van der Waals surface area contributed by atoms with E-state index in [1.165, 1.54) is 18.5 Å². The number of nitrogen functional groups attached to an aromatic ring is 1. The van der Waals surface area contributed by atoms with Gasteiger partial charge in [-0.2, -0.15) is 0 Å². The Bertz CT molecular complexity index is 665. The number of nitrogens with one attached hydrogen (secondary N) is 1. The van der Waals surface area contributed by atoms with Crippen molar-refractivity contribution in [2.75, 3.05) is 5.43 Å². The van der Waals surface area contributed by atoms with Gasteiger partial charge in [-0.25, -0.2) is 15.8 Å². The van der Waals surface area contributed by atoms with Crippen LogP contribution < -0.4 is 16.0 Å². The van der Waals surface area contributed by atoms with E-state index in [4.69, 9.17) is 10.6 Å². The molecule has 1 heterocycles. The highest BCUT2D eigenvalue weighted by Crippen LogP contribution is 2.31. The summed E-state index contributed by atoms with van der Waals surface area (Å²) in [6.07, 6.45) is 1.28. The molecule has 0 unspecified atom stereocenters. The van der Waals surface area contributed by atoms with Crippen LogP contribution >= 0.6 is 15.9 Å². The van der Waals surface area contributed by atoms with E-state index in [2.05, 4.69) is 31.3 Å². The van der Waals surface area contributed by atoms with E-state index in [1.54, 1.807) is 13.0 Å². The summed E-state index contributed by atoms with van der Waals surface area (Å²) in [5.74, 6) is 6.28. The average molecular weight is 340 g/mol. The van der Waals surface area contributed by atoms with Crippen molar-refractivity contribution in [2.45, 2.75) is 6.92 Å². The summed E-state index contributed by atoms with van der Waals surface area (Å²) in [5, 5.41) is 10.8. The zero-order valence-corrected chi connectivity index (χ0v) is 11.9. The zero-order chi connectivity index (χ0) is 14.7. The highest BCUT2D eigenvalue weighted by Gasteiger charge is 2.13. The van der Waals surface area contributed by atoms with Crippen LogP contribution in [0.1, 0.15) is 5.56 Å². The summed E-state index contributed by atoms with van der Waals surface area (Å²) in [6, 6.07) is 4.29. The van der Waals surface area contributed by atoms with E-state index in [-0.39, 0.29) is 17.3 Å². The van der Waals surface area contributed by atoms with Crippen LogP contribution in [0.2, 0.25) is 0 Å². The van der Waals surface area contributed by atoms with Gasteiger partial charge in [-0.3, -0.25) is 10.1 Å². The molecular weight excluding hydrogens is 330 g/mol. The first-order chi connectivity index (χ1) is 9.51. The van der Waals surface area contributed by atoms with Crippen molar-refractivity contribution in [2.24, 2.45) is 5.84 Å². The number of nitro groups is 1. The maximum atomic E-state index is 10.8. The molecule has 0 saturated carbocycles. The maximum absolute atomic E-state index is 10.8. The maximum Gasteiger partial charge on any atom is 0.274 e. The molecule has 0 spiro atoms. The van der Waals surface area contributed by atoms with Gasteiger partial charge >= 0.3 is 0 Å². The monoisotopic (exact) mass is 339 g/mol. The van der Waals surface area contributed by atoms with Gasteiger partial charge in [0, 0.05) is 10.5 Å². The molecule has 0 bridgehead atoms. The number of non-ortho nitro benzene ring substituents is 1. The molecule has 0 aliphatic heterocycles. The van der Waals surface area contributed by atoms with Gasteiger partial charge in [0.05, 0.1) is 16.6 Å². The number of hydrogen-bond acceptors (Lipinski definition) is 7. The lowest BCUT2D eigenvalue weighted by Gasteiger charge is -2.10. The second kappa shape index (κ2) is 5.80. The Kier molecular flexibility index (Phi) is 4.11. The lowest BCUT2D eigenvalue weighted by Crippen LogP contribution is -2.11. The Balaban J connectivity index is 2.37.